The molecule has 0 saturated carbocycles. The van der Waals surface area contributed by atoms with Crippen LogP contribution in [0.3, 0.4) is 0 Å². The van der Waals surface area contributed by atoms with E-state index in [4.69, 9.17) is 9.47 Å². The Labute approximate surface area is 127 Å². The molecule has 1 aromatic heterocycles. The molecular formula is C18H12FNO2. The average molecular weight is 293 g/mol. The predicted molar refractivity (Wildman–Crippen MR) is 81.2 cm³/mol. The minimum Gasteiger partial charge on any atom is -0.454 e. The first-order valence-corrected chi connectivity index (χ1v) is 6.93. The van der Waals surface area contributed by atoms with Crippen molar-refractivity contribution in [3.63, 3.8) is 0 Å². The van der Waals surface area contributed by atoms with Crippen molar-refractivity contribution < 1.29 is 13.9 Å². The van der Waals surface area contributed by atoms with E-state index in [-0.39, 0.29) is 12.6 Å². The fourth-order valence-electron chi connectivity index (χ4n) is 2.57. The Kier molecular flexibility index (Phi) is 3.00. The van der Waals surface area contributed by atoms with Gasteiger partial charge in [0, 0.05) is 17.3 Å². The van der Waals surface area contributed by atoms with Gasteiger partial charge in [-0.2, -0.15) is 0 Å². The van der Waals surface area contributed by atoms with Gasteiger partial charge in [0.15, 0.2) is 11.5 Å². The van der Waals surface area contributed by atoms with Crippen LogP contribution in [0.2, 0.25) is 0 Å². The number of halogens is 1. The van der Waals surface area contributed by atoms with E-state index in [0.717, 1.165) is 16.9 Å². The number of rotatable bonds is 2. The molecule has 4 heteroatoms. The summed E-state index contributed by atoms with van der Waals surface area (Å²) >= 11 is 0. The van der Waals surface area contributed by atoms with Crippen molar-refractivity contribution in [2.75, 3.05) is 6.79 Å². The molecule has 2 heterocycles. The molecule has 4 rings (SSSR count). The summed E-state index contributed by atoms with van der Waals surface area (Å²) in [5.74, 6) is 1.13. The number of benzene rings is 2. The molecule has 0 saturated heterocycles. The zero-order valence-corrected chi connectivity index (χ0v) is 11.6. The maximum Gasteiger partial charge on any atom is 0.231 e. The molecule has 3 nitrogen and oxygen atoms in total. The number of hydrogen-bond acceptors (Lipinski definition) is 3. The van der Waals surface area contributed by atoms with Crippen LogP contribution in [0.25, 0.3) is 22.4 Å². The Balaban J connectivity index is 1.88. The van der Waals surface area contributed by atoms with Crippen LogP contribution in [-0.4, -0.2) is 11.8 Å². The van der Waals surface area contributed by atoms with Crippen LogP contribution in [0.1, 0.15) is 0 Å². The molecule has 0 atom stereocenters. The Morgan fingerprint density at radius 2 is 1.68 bits per heavy atom. The van der Waals surface area contributed by atoms with Gasteiger partial charge in [-0.3, -0.25) is 4.98 Å². The molecule has 0 N–H and O–H groups in total. The zero-order chi connectivity index (χ0) is 14.9. The molecule has 2 aromatic carbocycles. The lowest BCUT2D eigenvalue weighted by Gasteiger charge is -2.10. The van der Waals surface area contributed by atoms with E-state index in [2.05, 4.69) is 4.98 Å². The van der Waals surface area contributed by atoms with Crippen molar-refractivity contribution in [3.05, 3.63) is 66.6 Å². The highest BCUT2D eigenvalue weighted by Gasteiger charge is 2.17. The lowest BCUT2D eigenvalue weighted by atomic mass is 9.99. The van der Waals surface area contributed by atoms with Gasteiger partial charge in [-0.15, -0.1) is 0 Å². The summed E-state index contributed by atoms with van der Waals surface area (Å²) in [5.41, 5.74) is 2.86. The van der Waals surface area contributed by atoms with E-state index >= 15 is 0 Å². The molecule has 0 spiro atoms. The normalized spacial score (nSPS) is 12.4. The van der Waals surface area contributed by atoms with Crippen molar-refractivity contribution in [1.29, 1.82) is 0 Å². The molecule has 0 bridgehead atoms. The van der Waals surface area contributed by atoms with E-state index in [1.807, 2.05) is 30.3 Å². The van der Waals surface area contributed by atoms with Gasteiger partial charge in [0.05, 0.1) is 5.69 Å². The molecule has 0 fully saturated rings. The molecule has 22 heavy (non-hydrogen) atoms. The SMILES string of the molecule is Fc1ccccc1-c1ncccc1-c1ccc2c(c1)OCO2. The number of pyridine rings is 1. The lowest BCUT2D eigenvalue weighted by Crippen LogP contribution is -1.93. The quantitative estimate of drug-likeness (QED) is 0.706. The summed E-state index contributed by atoms with van der Waals surface area (Å²) in [6.45, 7) is 0.228. The van der Waals surface area contributed by atoms with E-state index < -0.39 is 0 Å². The summed E-state index contributed by atoms with van der Waals surface area (Å²) < 4.78 is 24.8. The number of ether oxygens (including phenoxy) is 2. The molecule has 1 aliphatic rings. The van der Waals surface area contributed by atoms with Crippen molar-refractivity contribution in [2.45, 2.75) is 0 Å². The largest absolute Gasteiger partial charge is 0.454 e. The third-order valence-corrected chi connectivity index (χ3v) is 3.62. The number of fused-ring (bicyclic) bond motifs is 1. The first kappa shape index (κ1) is 12.8. The summed E-state index contributed by atoms with van der Waals surface area (Å²) in [7, 11) is 0. The third-order valence-electron chi connectivity index (χ3n) is 3.62. The minimum atomic E-state index is -0.289. The minimum absolute atomic E-state index is 0.228. The molecule has 1 aliphatic heterocycles. The van der Waals surface area contributed by atoms with Crippen LogP contribution in [0.15, 0.2) is 60.8 Å². The second-order valence-corrected chi connectivity index (χ2v) is 4.95. The molecule has 0 unspecified atom stereocenters. The lowest BCUT2D eigenvalue weighted by molar-refractivity contribution is 0.174. The molecular weight excluding hydrogens is 281 g/mol. The third kappa shape index (κ3) is 2.09. The highest BCUT2D eigenvalue weighted by Crippen LogP contribution is 2.38. The van der Waals surface area contributed by atoms with E-state index in [0.29, 0.717) is 17.0 Å². The summed E-state index contributed by atoms with van der Waals surface area (Å²) in [5, 5.41) is 0. The fraction of sp³-hybridized carbons (Fsp3) is 0.0556. The van der Waals surface area contributed by atoms with Crippen molar-refractivity contribution in [2.24, 2.45) is 0 Å². The van der Waals surface area contributed by atoms with Gasteiger partial charge in [-0.1, -0.05) is 24.3 Å². The second kappa shape index (κ2) is 5.15. The monoisotopic (exact) mass is 293 g/mol. The standard InChI is InChI=1S/C18H12FNO2/c19-15-6-2-1-4-14(15)18-13(5-3-9-20-18)12-7-8-16-17(10-12)22-11-21-16/h1-10H,11H2. The van der Waals surface area contributed by atoms with E-state index in [1.165, 1.54) is 6.07 Å². The maximum absolute atomic E-state index is 14.1. The summed E-state index contributed by atoms with van der Waals surface area (Å²) in [4.78, 5) is 4.37. The maximum atomic E-state index is 14.1. The van der Waals surface area contributed by atoms with Crippen molar-refractivity contribution in [3.8, 4) is 33.9 Å². The molecule has 0 aliphatic carbocycles. The summed E-state index contributed by atoms with van der Waals surface area (Å²) in [6.07, 6.45) is 1.66. The van der Waals surface area contributed by atoms with Gasteiger partial charge in [-0.05, 0) is 35.9 Å². The number of aromatic nitrogens is 1. The molecule has 108 valence electrons. The Morgan fingerprint density at radius 1 is 0.864 bits per heavy atom. The Morgan fingerprint density at radius 3 is 2.59 bits per heavy atom. The van der Waals surface area contributed by atoms with E-state index in [1.54, 1.807) is 24.4 Å². The van der Waals surface area contributed by atoms with Gasteiger partial charge < -0.3 is 9.47 Å². The van der Waals surface area contributed by atoms with Crippen LogP contribution in [0.5, 0.6) is 11.5 Å². The summed E-state index contributed by atoms with van der Waals surface area (Å²) in [6, 6.07) is 16.1. The Bertz CT molecular complexity index is 848. The molecule has 0 radical (unpaired) electrons. The van der Waals surface area contributed by atoms with Crippen molar-refractivity contribution >= 4 is 0 Å². The van der Waals surface area contributed by atoms with Crippen molar-refractivity contribution in [1.82, 2.24) is 4.98 Å². The van der Waals surface area contributed by atoms with Gasteiger partial charge in [0.25, 0.3) is 0 Å². The molecule has 0 amide bonds. The van der Waals surface area contributed by atoms with Gasteiger partial charge in [-0.25, -0.2) is 4.39 Å². The number of hydrogen-bond donors (Lipinski definition) is 0. The predicted octanol–water partition coefficient (Wildman–Crippen LogP) is 4.28. The second-order valence-electron chi connectivity index (χ2n) is 4.95. The number of nitrogens with zero attached hydrogens (tertiary/aromatic N) is 1. The van der Waals surface area contributed by atoms with E-state index in [9.17, 15) is 4.39 Å². The first-order chi connectivity index (χ1) is 10.8. The fourth-order valence-corrected chi connectivity index (χ4v) is 2.57. The van der Waals surface area contributed by atoms with Crippen LogP contribution >= 0.6 is 0 Å². The highest BCUT2D eigenvalue weighted by atomic mass is 19.1. The topological polar surface area (TPSA) is 31.4 Å². The van der Waals surface area contributed by atoms with Crippen LogP contribution in [-0.2, 0) is 0 Å². The average Bonchev–Trinajstić information content (AvgIpc) is 3.03. The van der Waals surface area contributed by atoms with Gasteiger partial charge in [0.1, 0.15) is 5.82 Å². The Hall–Kier alpha value is -2.88. The van der Waals surface area contributed by atoms with Gasteiger partial charge in [0.2, 0.25) is 6.79 Å². The van der Waals surface area contributed by atoms with Crippen LogP contribution < -0.4 is 9.47 Å². The zero-order valence-electron chi connectivity index (χ0n) is 11.6. The van der Waals surface area contributed by atoms with Crippen LogP contribution in [0.4, 0.5) is 4.39 Å². The molecule has 3 aromatic rings. The van der Waals surface area contributed by atoms with Gasteiger partial charge >= 0.3 is 0 Å². The smallest absolute Gasteiger partial charge is 0.231 e. The first-order valence-electron chi connectivity index (χ1n) is 6.93. The highest BCUT2D eigenvalue weighted by molar-refractivity contribution is 5.81. The van der Waals surface area contributed by atoms with Crippen LogP contribution in [0, 0.1) is 5.82 Å².